The van der Waals surface area contributed by atoms with Crippen LogP contribution in [0.1, 0.15) is 20.3 Å². The van der Waals surface area contributed by atoms with E-state index in [1.165, 1.54) is 0 Å². The molecule has 0 aromatic heterocycles. The van der Waals surface area contributed by atoms with Gasteiger partial charge in [-0.1, -0.05) is 6.92 Å². The number of hydrogen-bond donors (Lipinski definition) is 1. The van der Waals surface area contributed by atoms with Gasteiger partial charge in [0.1, 0.15) is 0 Å². The van der Waals surface area contributed by atoms with Crippen molar-refractivity contribution in [1.82, 2.24) is 0 Å². The van der Waals surface area contributed by atoms with Crippen molar-refractivity contribution >= 4 is 5.97 Å². The van der Waals surface area contributed by atoms with Crippen molar-refractivity contribution in [3.05, 3.63) is 0 Å². The fraction of sp³-hybridized carbons (Fsp3) is 0.889. The minimum Gasteiger partial charge on any atom is -0.462 e. The maximum absolute atomic E-state index is 11.4. The quantitative estimate of drug-likeness (QED) is 0.645. The third-order valence-corrected chi connectivity index (χ3v) is 2.32. The highest BCUT2D eigenvalue weighted by molar-refractivity contribution is 5.74. The van der Waals surface area contributed by atoms with Gasteiger partial charge in [0.25, 0.3) is 0 Å². The molecular formula is C9H17NO3. The molecule has 0 saturated carbocycles. The summed E-state index contributed by atoms with van der Waals surface area (Å²) in [5.74, 6) is -0.492. The Kier molecular flexibility index (Phi) is 3.69. The number of hydrogen-bond acceptors (Lipinski definition) is 4. The molecule has 0 bridgehead atoms. The van der Waals surface area contributed by atoms with Gasteiger partial charge >= 0.3 is 5.97 Å². The average Bonchev–Trinajstić information content (AvgIpc) is 2.51. The molecule has 0 spiro atoms. The van der Waals surface area contributed by atoms with Crippen molar-refractivity contribution in [3.63, 3.8) is 0 Å². The van der Waals surface area contributed by atoms with Gasteiger partial charge in [-0.25, -0.2) is 0 Å². The Morgan fingerprint density at radius 1 is 1.69 bits per heavy atom. The number of nitrogens with two attached hydrogens (primary N) is 1. The zero-order valence-corrected chi connectivity index (χ0v) is 8.16. The van der Waals surface area contributed by atoms with E-state index < -0.39 is 0 Å². The summed E-state index contributed by atoms with van der Waals surface area (Å²) >= 11 is 0. The maximum atomic E-state index is 11.4. The molecule has 4 heteroatoms. The maximum Gasteiger partial charge on any atom is 0.313 e. The van der Waals surface area contributed by atoms with Crippen molar-refractivity contribution in [2.75, 3.05) is 13.2 Å². The first-order valence-electron chi connectivity index (χ1n) is 4.69. The fourth-order valence-electron chi connectivity index (χ4n) is 1.18. The van der Waals surface area contributed by atoms with Crippen molar-refractivity contribution in [2.45, 2.75) is 32.4 Å². The minimum absolute atomic E-state index is 0.0275. The second-order valence-electron chi connectivity index (χ2n) is 3.46. The molecule has 0 aromatic carbocycles. The van der Waals surface area contributed by atoms with Gasteiger partial charge in [-0.15, -0.1) is 0 Å². The Labute approximate surface area is 78.4 Å². The average molecular weight is 187 g/mol. The highest BCUT2D eigenvalue weighted by Crippen LogP contribution is 2.14. The summed E-state index contributed by atoms with van der Waals surface area (Å²) < 4.78 is 10.2. The van der Waals surface area contributed by atoms with E-state index in [1.807, 2.05) is 13.8 Å². The normalized spacial score (nSPS) is 30.1. The number of ether oxygens (including phenoxy) is 2. The van der Waals surface area contributed by atoms with E-state index in [2.05, 4.69) is 0 Å². The third kappa shape index (κ3) is 2.67. The van der Waals surface area contributed by atoms with E-state index in [1.54, 1.807) is 0 Å². The molecule has 1 saturated heterocycles. The molecule has 76 valence electrons. The van der Waals surface area contributed by atoms with Crippen molar-refractivity contribution in [3.8, 4) is 0 Å². The van der Waals surface area contributed by atoms with Gasteiger partial charge < -0.3 is 15.2 Å². The molecule has 0 aromatic rings. The second kappa shape index (κ2) is 4.58. The summed E-state index contributed by atoms with van der Waals surface area (Å²) in [6, 6.07) is -0.198. The van der Waals surface area contributed by atoms with Gasteiger partial charge in [0, 0.05) is 6.04 Å². The second-order valence-corrected chi connectivity index (χ2v) is 3.46. The van der Waals surface area contributed by atoms with E-state index in [4.69, 9.17) is 15.2 Å². The first kappa shape index (κ1) is 10.5. The first-order chi connectivity index (χ1) is 6.15. The van der Waals surface area contributed by atoms with Crippen LogP contribution in [0.2, 0.25) is 0 Å². The molecule has 13 heavy (non-hydrogen) atoms. The molecule has 3 atom stereocenters. The Balaban J connectivity index is 2.38. The number of carbonyl (C=O) groups excluding carboxylic acids is 1. The molecule has 1 aliphatic rings. The predicted molar refractivity (Wildman–Crippen MR) is 48.1 cm³/mol. The van der Waals surface area contributed by atoms with Crippen LogP contribution in [-0.2, 0) is 14.3 Å². The van der Waals surface area contributed by atoms with Crippen LogP contribution in [0.3, 0.4) is 0 Å². The van der Waals surface area contributed by atoms with Crippen LogP contribution < -0.4 is 5.73 Å². The van der Waals surface area contributed by atoms with Gasteiger partial charge in [-0.3, -0.25) is 4.79 Å². The van der Waals surface area contributed by atoms with Crippen LogP contribution in [0.5, 0.6) is 0 Å². The monoisotopic (exact) mass is 187 g/mol. The molecule has 2 N–H and O–H groups in total. The fourth-order valence-corrected chi connectivity index (χ4v) is 1.18. The summed E-state index contributed by atoms with van der Waals surface area (Å²) in [5, 5.41) is 0. The Hall–Kier alpha value is -0.610. The summed E-state index contributed by atoms with van der Waals surface area (Å²) in [6.45, 7) is 4.71. The molecule has 1 fully saturated rings. The zero-order chi connectivity index (χ0) is 9.84. The molecule has 1 rings (SSSR count). The first-order valence-corrected chi connectivity index (χ1v) is 4.69. The lowest BCUT2D eigenvalue weighted by Gasteiger charge is -2.16. The highest BCUT2D eigenvalue weighted by Gasteiger charge is 2.33. The van der Waals surface area contributed by atoms with Gasteiger partial charge in [0.2, 0.25) is 0 Å². The standard InChI is InChI=1S/C9H17NO3/c1-3-6(2)13-9(11)7-4-12-5-8(7)10/h6-8H,3-5,10H2,1-2H3. The predicted octanol–water partition coefficient (Wildman–Crippen LogP) is 0.302. The number of carbonyl (C=O) groups is 1. The number of esters is 1. The smallest absolute Gasteiger partial charge is 0.313 e. The van der Waals surface area contributed by atoms with E-state index in [9.17, 15) is 4.79 Å². The van der Waals surface area contributed by atoms with Gasteiger partial charge in [0.15, 0.2) is 0 Å². The zero-order valence-electron chi connectivity index (χ0n) is 8.16. The summed E-state index contributed by atoms with van der Waals surface area (Å²) in [5.41, 5.74) is 5.67. The molecule has 1 heterocycles. The van der Waals surface area contributed by atoms with E-state index >= 15 is 0 Å². The van der Waals surface area contributed by atoms with Crippen LogP contribution in [-0.4, -0.2) is 31.3 Å². The molecule has 1 aliphatic heterocycles. The van der Waals surface area contributed by atoms with Gasteiger partial charge in [0.05, 0.1) is 25.2 Å². The molecule has 0 amide bonds. The molecular weight excluding hydrogens is 170 g/mol. The molecule has 4 nitrogen and oxygen atoms in total. The van der Waals surface area contributed by atoms with E-state index in [0.717, 1.165) is 6.42 Å². The Morgan fingerprint density at radius 3 is 2.85 bits per heavy atom. The van der Waals surface area contributed by atoms with Gasteiger partial charge in [-0.2, -0.15) is 0 Å². The van der Waals surface area contributed by atoms with Crippen LogP contribution in [0.15, 0.2) is 0 Å². The Bertz CT molecular complexity index is 184. The highest BCUT2D eigenvalue weighted by atomic mass is 16.5. The molecule has 3 unspecified atom stereocenters. The summed E-state index contributed by atoms with van der Waals surface area (Å²) in [7, 11) is 0. The molecule has 0 aliphatic carbocycles. The summed E-state index contributed by atoms with van der Waals surface area (Å²) in [6.07, 6.45) is 0.800. The van der Waals surface area contributed by atoms with Crippen LogP contribution in [0.25, 0.3) is 0 Å². The van der Waals surface area contributed by atoms with Crippen LogP contribution in [0, 0.1) is 5.92 Å². The lowest BCUT2D eigenvalue weighted by Crippen LogP contribution is -2.36. The topological polar surface area (TPSA) is 61.5 Å². The SMILES string of the molecule is CCC(C)OC(=O)C1COCC1N. The van der Waals surface area contributed by atoms with Crippen LogP contribution >= 0.6 is 0 Å². The van der Waals surface area contributed by atoms with Crippen LogP contribution in [0.4, 0.5) is 0 Å². The van der Waals surface area contributed by atoms with E-state index in [-0.39, 0.29) is 24.0 Å². The number of rotatable bonds is 3. The largest absolute Gasteiger partial charge is 0.462 e. The summed E-state index contributed by atoms with van der Waals surface area (Å²) in [4.78, 5) is 11.4. The minimum atomic E-state index is -0.269. The van der Waals surface area contributed by atoms with E-state index in [0.29, 0.717) is 13.2 Å². The van der Waals surface area contributed by atoms with Crippen molar-refractivity contribution in [2.24, 2.45) is 11.7 Å². The van der Waals surface area contributed by atoms with Crippen molar-refractivity contribution < 1.29 is 14.3 Å². The molecule has 0 radical (unpaired) electrons. The third-order valence-electron chi connectivity index (χ3n) is 2.32. The lowest BCUT2D eigenvalue weighted by molar-refractivity contribution is -0.153. The Morgan fingerprint density at radius 2 is 2.38 bits per heavy atom. The lowest BCUT2D eigenvalue weighted by atomic mass is 10.1. The van der Waals surface area contributed by atoms with Crippen molar-refractivity contribution in [1.29, 1.82) is 0 Å². The van der Waals surface area contributed by atoms with Gasteiger partial charge in [-0.05, 0) is 13.3 Å².